The van der Waals surface area contributed by atoms with E-state index in [2.05, 4.69) is 45.9 Å². The lowest BCUT2D eigenvalue weighted by Gasteiger charge is -2.43. The van der Waals surface area contributed by atoms with Crippen molar-refractivity contribution < 1.29 is 10.2 Å². The molecule has 0 radical (unpaired) electrons. The minimum atomic E-state index is -0.494. The first kappa shape index (κ1) is 22.8. The van der Waals surface area contributed by atoms with Crippen molar-refractivity contribution in [2.45, 2.75) is 105 Å². The molecule has 0 bridgehead atoms. The largest absolute Gasteiger partial charge is 0.393 e. The Kier molecular flexibility index (Phi) is 7.49. The third-order valence-electron chi connectivity index (χ3n) is 8.44. The fourth-order valence-electron chi connectivity index (χ4n) is 6.57. The van der Waals surface area contributed by atoms with Gasteiger partial charge in [-0.1, -0.05) is 65.2 Å². The van der Waals surface area contributed by atoms with Crippen LogP contribution in [0.15, 0.2) is 34.9 Å². The van der Waals surface area contributed by atoms with Crippen molar-refractivity contribution in [2.24, 2.45) is 29.1 Å². The average molecular weight is 401 g/mol. The van der Waals surface area contributed by atoms with Gasteiger partial charge in [0.25, 0.3) is 0 Å². The topological polar surface area (TPSA) is 40.5 Å². The van der Waals surface area contributed by atoms with Crippen molar-refractivity contribution in [3.63, 3.8) is 0 Å². The fraction of sp³-hybridized carbons (Fsp3) is 0.778. The number of hydrogen-bond donors (Lipinski definition) is 2. The van der Waals surface area contributed by atoms with Crippen LogP contribution in [0.1, 0.15) is 92.4 Å². The molecule has 3 aliphatic carbocycles. The lowest BCUT2D eigenvalue weighted by molar-refractivity contribution is 0.0878. The quantitative estimate of drug-likeness (QED) is 0.506. The van der Waals surface area contributed by atoms with Crippen molar-refractivity contribution in [1.29, 1.82) is 0 Å². The summed E-state index contributed by atoms with van der Waals surface area (Å²) in [4.78, 5) is 0. The Morgan fingerprint density at radius 3 is 2.62 bits per heavy atom. The molecule has 2 N–H and O–H groups in total. The molecule has 0 aromatic carbocycles. The van der Waals surface area contributed by atoms with Gasteiger partial charge in [-0.05, 0) is 84.8 Å². The lowest BCUT2D eigenvalue weighted by atomic mass is 9.62. The summed E-state index contributed by atoms with van der Waals surface area (Å²) >= 11 is 0. The second-order valence-electron chi connectivity index (χ2n) is 10.9. The normalized spacial score (nSPS) is 36.6. The predicted octanol–water partition coefficient (Wildman–Crippen LogP) is 6.59. The summed E-state index contributed by atoms with van der Waals surface area (Å²) in [5, 5.41) is 20.2. The summed E-state index contributed by atoms with van der Waals surface area (Å²) < 4.78 is 0. The molecule has 0 amide bonds. The molecule has 2 heteroatoms. The lowest BCUT2D eigenvalue weighted by Crippen LogP contribution is -2.35. The van der Waals surface area contributed by atoms with Crippen LogP contribution in [0.4, 0.5) is 0 Å². The fourth-order valence-corrected chi connectivity index (χ4v) is 6.57. The van der Waals surface area contributed by atoms with Crippen molar-refractivity contribution in [3.8, 4) is 0 Å². The van der Waals surface area contributed by atoms with Crippen molar-refractivity contribution in [1.82, 2.24) is 0 Å². The van der Waals surface area contributed by atoms with E-state index in [-0.39, 0.29) is 0 Å². The first-order valence-electron chi connectivity index (χ1n) is 12.2. The molecule has 1 saturated carbocycles. The summed E-state index contributed by atoms with van der Waals surface area (Å²) in [6.45, 7) is 11.8. The zero-order valence-corrected chi connectivity index (χ0v) is 19.5. The smallest absolute Gasteiger partial charge is 0.0777 e. The first-order chi connectivity index (χ1) is 13.7. The Hall–Kier alpha value is -0.860. The maximum Gasteiger partial charge on any atom is 0.0777 e. The molecule has 6 atom stereocenters. The summed E-state index contributed by atoms with van der Waals surface area (Å²) in [5.74, 6) is 3.15. The van der Waals surface area contributed by atoms with E-state index in [1.54, 1.807) is 0 Å². The van der Waals surface area contributed by atoms with E-state index in [0.29, 0.717) is 24.2 Å². The van der Waals surface area contributed by atoms with E-state index in [1.165, 1.54) is 50.5 Å². The van der Waals surface area contributed by atoms with E-state index < -0.39 is 12.2 Å². The van der Waals surface area contributed by atoms with Crippen LogP contribution in [0, 0.1) is 29.1 Å². The molecule has 0 spiro atoms. The van der Waals surface area contributed by atoms with Crippen molar-refractivity contribution in [2.75, 3.05) is 0 Å². The Balaban J connectivity index is 1.69. The Labute approximate surface area is 179 Å². The average Bonchev–Trinajstić information content (AvgIpc) is 3.00. The molecule has 0 aliphatic heterocycles. The van der Waals surface area contributed by atoms with Crippen molar-refractivity contribution in [3.05, 3.63) is 34.9 Å². The van der Waals surface area contributed by atoms with Gasteiger partial charge in [0, 0.05) is 6.42 Å². The van der Waals surface area contributed by atoms with Gasteiger partial charge in [0.2, 0.25) is 0 Å². The predicted molar refractivity (Wildman–Crippen MR) is 123 cm³/mol. The highest BCUT2D eigenvalue weighted by atomic mass is 16.3. The van der Waals surface area contributed by atoms with Gasteiger partial charge in [0.15, 0.2) is 0 Å². The highest BCUT2D eigenvalue weighted by Crippen LogP contribution is 2.58. The van der Waals surface area contributed by atoms with Crippen LogP contribution in [-0.2, 0) is 0 Å². The molecule has 0 aromatic rings. The zero-order valence-electron chi connectivity index (χ0n) is 19.5. The van der Waals surface area contributed by atoms with E-state index in [9.17, 15) is 10.2 Å². The minimum Gasteiger partial charge on any atom is -0.393 e. The van der Waals surface area contributed by atoms with Crippen LogP contribution in [0.3, 0.4) is 0 Å². The SMILES string of the molecule is CC1=C(/C=C/C2=CCC[C@]3(C)[C@@H]([C@H](C)CCCC(C)C)CC[C@@H]23)C[C@@H](O)C[C@@H]1O. The third kappa shape index (κ3) is 5.07. The molecule has 3 rings (SSSR count). The number of aliphatic hydroxyl groups excluding tert-OH is 2. The van der Waals surface area contributed by atoms with Gasteiger partial charge in [0.1, 0.15) is 0 Å². The Morgan fingerprint density at radius 2 is 1.90 bits per heavy atom. The van der Waals surface area contributed by atoms with Crippen LogP contribution < -0.4 is 0 Å². The van der Waals surface area contributed by atoms with Gasteiger partial charge in [-0.3, -0.25) is 0 Å². The zero-order chi connectivity index (χ0) is 21.2. The summed E-state index contributed by atoms with van der Waals surface area (Å²) in [6.07, 6.45) is 16.5. The molecule has 29 heavy (non-hydrogen) atoms. The van der Waals surface area contributed by atoms with Gasteiger partial charge in [-0.25, -0.2) is 0 Å². The monoisotopic (exact) mass is 400 g/mol. The maximum atomic E-state index is 10.2. The molecular formula is C27H44O2. The van der Waals surface area contributed by atoms with Crippen LogP contribution >= 0.6 is 0 Å². The molecule has 0 heterocycles. The van der Waals surface area contributed by atoms with Crippen LogP contribution in [0.25, 0.3) is 0 Å². The van der Waals surface area contributed by atoms with Gasteiger partial charge >= 0.3 is 0 Å². The Bertz CT molecular complexity index is 655. The van der Waals surface area contributed by atoms with Crippen molar-refractivity contribution >= 4 is 0 Å². The summed E-state index contributed by atoms with van der Waals surface area (Å²) in [6, 6.07) is 0. The standard InChI is InChI=1S/C27H44O2/c1-18(2)8-6-9-19(3)24-13-14-25-21(10-7-15-27(24,25)5)11-12-22-16-23(28)17-26(29)20(22)4/h10-12,18-19,23-26,28-29H,6-9,13-17H2,1-5H3/b12-11+/t19-,23-,24-,25+,26+,27-/m1/s1. The first-order valence-corrected chi connectivity index (χ1v) is 12.2. The number of fused-ring (bicyclic) bond motifs is 1. The molecule has 0 saturated heterocycles. The van der Waals surface area contributed by atoms with Gasteiger partial charge in [-0.15, -0.1) is 0 Å². The number of aliphatic hydroxyl groups is 2. The van der Waals surface area contributed by atoms with Crippen LogP contribution in [0.5, 0.6) is 0 Å². The maximum absolute atomic E-state index is 10.2. The van der Waals surface area contributed by atoms with E-state index >= 15 is 0 Å². The van der Waals surface area contributed by atoms with Crippen LogP contribution in [0.2, 0.25) is 0 Å². The van der Waals surface area contributed by atoms with E-state index in [1.807, 2.05) is 6.92 Å². The van der Waals surface area contributed by atoms with Gasteiger partial charge in [0.05, 0.1) is 12.2 Å². The highest BCUT2D eigenvalue weighted by molar-refractivity contribution is 5.37. The highest BCUT2D eigenvalue weighted by Gasteiger charge is 2.49. The molecule has 0 aromatic heterocycles. The summed E-state index contributed by atoms with van der Waals surface area (Å²) in [7, 11) is 0. The number of hydrogen-bond acceptors (Lipinski definition) is 2. The number of allylic oxidation sites excluding steroid dienone is 4. The second-order valence-corrected chi connectivity index (χ2v) is 10.9. The minimum absolute atomic E-state index is 0.415. The third-order valence-corrected chi connectivity index (χ3v) is 8.44. The molecule has 2 nitrogen and oxygen atoms in total. The molecular weight excluding hydrogens is 356 g/mol. The van der Waals surface area contributed by atoms with E-state index in [0.717, 1.165) is 28.9 Å². The second kappa shape index (κ2) is 9.52. The van der Waals surface area contributed by atoms with E-state index in [4.69, 9.17) is 0 Å². The van der Waals surface area contributed by atoms with Gasteiger partial charge in [-0.2, -0.15) is 0 Å². The molecule has 3 aliphatic rings. The molecule has 1 fully saturated rings. The Morgan fingerprint density at radius 1 is 1.14 bits per heavy atom. The van der Waals surface area contributed by atoms with Gasteiger partial charge < -0.3 is 10.2 Å². The molecule has 0 unspecified atom stereocenters. The molecule has 164 valence electrons. The summed E-state index contributed by atoms with van der Waals surface area (Å²) in [5.41, 5.74) is 4.10. The van der Waals surface area contributed by atoms with Crippen LogP contribution in [-0.4, -0.2) is 22.4 Å². The number of rotatable bonds is 7.